The van der Waals surface area contributed by atoms with Crippen LogP contribution in [0.15, 0.2) is 66.7 Å². The molecule has 3 aromatic carbocycles. The van der Waals surface area contributed by atoms with E-state index in [4.69, 9.17) is 25.8 Å². The van der Waals surface area contributed by atoms with Crippen molar-refractivity contribution in [3.63, 3.8) is 0 Å². The number of rotatable bonds is 10. The highest BCUT2D eigenvalue weighted by Crippen LogP contribution is 2.35. The van der Waals surface area contributed by atoms with Gasteiger partial charge < -0.3 is 14.2 Å². The van der Waals surface area contributed by atoms with Gasteiger partial charge in [0.1, 0.15) is 24.0 Å². The Hall–Kier alpha value is -4.16. The Morgan fingerprint density at radius 1 is 0.838 bits per heavy atom. The molecule has 0 saturated heterocycles. The van der Waals surface area contributed by atoms with E-state index in [1.165, 1.54) is 13.2 Å². The Morgan fingerprint density at radius 2 is 1.51 bits per heavy atom. The van der Waals surface area contributed by atoms with Crippen molar-refractivity contribution in [1.82, 2.24) is 4.98 Å². The molecule has 1 heterocycles. The van der Waals surface area contributed by atoms with Crippen LogP contribution in [-0.4, -0.2) is 31.3 Å². The van der Waals surface area contributed by atoms with Crippen molar-refractivity contribution in [2.24, 2.45) is 0 Å². The summed E-state index contributed by atoms with van der Waals surface area (Å²) in [4.78, 5) is 26.0. The Labute approximate surface area is 220 Å². The molecule has 6 nitrogen and oxygen atoms in total. The quantitative estimate of drug-likeness (QED) is 0.220. The minimum absolute atomic E-state index is 0.0348. The number of ether oxygens (including phenoxy) is 3. The monoisotopic (exact) mass is 515 g/mol. The van der Waals surface area contributed by atoms with Gasteiger partial charge >= 0.3 is 0 Å². The summed E-state index contributed by atoms with van der Waals surface area (Å²) < 4.78 is 16.5. The summed E-state index contributed by atoms with van der Waals surface area (Å²) in [5, 5.41) is 0.239. The van der Waals surface area contributed by atoms with Crippen LogP contribution < -0.4 is 14.2 Å². The van der Waals surface area contributed by atoms with Crippen LogP contribution in [0, 0.1) is 13.8 Å². The number of methoxy groups -OCH3 is 1. The molecule has 1 aromatic heterocycles. The predicted octanol–water partition coefficient (Wildman–Crippen LogP) is 6.66. The number of nitrogens with zero attached hydrogens (tertiary/aromatic N) is 1. The van der Waals surface area contributed by atoms with Crippen LogP contribution in [-0.2, 0) is 11.4 Å². The fourth-order valence-corrected chi connectivity index (χ4v) is 4.41. The van der Waals surface area contributed by atoms with Crippen LogP contribution >= 0.6 is 11.6 Å². The fraction of sp³-hybridized carbons (Fsp3) is 0.167. The van der Waals surface area contributed by atoms with Gasteiger partial charge in [-0.25, -0.2) is 0 Å². The van der Waals surface area contributed by atoms with Crippen molar-refractivity contribution >= 4 is 24.2 Å². The van der Waals surface area contributed by atoms with Gasteiger partial charge in [-0.3, -0.25) is 9.59 Å². The molecule has 0 spiro atoms. The lowest BCUT2D eigenvalue weighted by Crippen LogP contribution is -2.03. The fourth-order valence-electron chi connectivity index (χ4n) is 4.20. The van der Waals surface area contributed by atoms with Crippen molar-refractivity contribution in [2.75, 3.05) is 13.7 Å². The molecule has 0 atom stereocenters. The van der Waals surface area contributed by atoms with Crippen molar-refractivity contribution in [3.8, 4) is 39.8 Å². The van der Waals surface area contributed by atoms with E-state index in [9.17, 15) is 9.59 Å². The zero-order valence-corrected chi connectivity index (χ0v) is 21.5. The molecule has 7 heteroatoms. The lowest BCUT2D eigenvalue weighted by atomic mass is 9.89. The van der Waals surface area contributed by atoms with E-state index in [-0.39, 0.29) is 35.6 Å². The Kier molecular flexibility index (Phi) is 8.21. The van der Waals surface area contributed by atoms with E-state index in [1.54, 1.807) is 0 Å². The first-order valence-corrected chi connectivity index (χ1v) is 12.0. The first-order valence-electron chi connectivity index (χ1n) is 11.6. The summed E-state index contributed by atoms with van der Waals surface area (Å²) in [5.41, 5.74) is 7.84. The van der Waals surface area contributed by atoms with Crippen molar-refractivity contribution in [3.05, 3.63) is 94.0 Å². The second-order valence-corrected chi connectivity index (χ2v) is 8.76. The predicted molar refractivity (Wildman–Crippen MR) is 144 cm³/mol. The third-order valence-corrected chi connectivity index (χ3v) is 6.45. The lowest BCUT2D eigenvalue weighted by molar-refractivity contribution is -0.109. The van der Waals surface area contributed by atoms with Gasteiger partial charge in [0, 0.05) is 0 Å². The number of aromatic nitrogens is 1. The Bertz CT molecular complexity index is 1430. The lowest BCUT2D eigenvalue weighted by Gasteiger charge is -2.17. The van der Waals surface area contributed by atoms with Crippen LogP contribution in [0.2, 0.25) is 5.02 Å². The maximum absolute atomic E-state index is 11.2. The van der Waals surface area contributed by atoms with Crippen LogP contribution in [0.5, 0.6) is 17.5 Å². The topological polar surface area (TPSA) is 74.7 Å². The molecular weight excluding hydrogens is 490 g/mol. The number of halogens is 1. The number of aldehydes is 2. The van der Waals surface area contributed by atoms with Crippen LogP contribution in [0.3, 0.4) is 0 Å². The van der Waals surface area contributed by atoms with Crippen LogP contribution in [0.1, 0.15) is 27.0 Å². The molecule has 0 aliphatic rings. The molecule has 0 aliphatic heterocycles. The molecule has 37 heavy (non-hydrogen) atoms. The largest absolute Gasteiger partial charge is 0.486 e. The normalized spacial score (nSPS) is 10.6. The first kappa shape index (κ1) is 25.9. The molecule has 0 unspecified atom stereocenters. The number of hydrogen-bond acceptors (Lipinski definition) is 6. The van der Waals surface area contributed by atoms with Crippen molar-refractivity contribution < 1.29 is 23.8 Å². The molecule has 0 bridgehead atoms. The van der Waals surface area contributed by atoms with E-state index in [2.05, 4.69) is 37.0 Å². The summed E-state index contributed by atoms with van der Waals surface area (Å²) in [7, 11) is 1.44. The SMILES string of the molecule is COc1nc(OCc2cccc(-c3cccc(-c4ccc(OCC=O)cc4)c3C)c2C)c(Cl)cc1C=O. The Balaban J connectivity index is 1.61. The second-order valence-electron chi connectivity index (χ2n) is 8.35. The standard InChI is InChI=1S/C30H26ClNO5/c1-19-22(18-37-30-28(31)16-23(17-34)29(32-30)35-3)6-4-8-26(19)27-9-5-7-25(20(27)2)21-10-12-24(13-11-21)36-15-14-33/h4-14,16-17H,15,18H2,1-3H3. The summed E-state index contributed by atoms with van der Waals surface area (Å²) >= 11 is 6.28. The highest BCUT2D eigenvalue weighted by Gasteiger charge is 2.15. The molecule has 0 N–H and O–H groups in total. The van der Waals surface area contributed by atoms with Crippen molar-refractivity contribution in [2.45, 2.75) is 20.5 Å². The van der Waals surface area contributed by atoms with Crippen molar-refractivity contribution in [1.29, 1.82) is 0 Å². The minimum atomic E-state index is 0.0348. The number of carbonyl (C=O) groups excluding carboxylic acids is 2. The highest BCUT2D eigenvalue weighted by molar-refractivity contribution is 6.32. The van der Waals surface area contributed by atoms with Gasteiger partial charge in [-0.1, -0.05) is 60.1 Å². The van der Waals surface area contributed by atoms with E-state index < -0.39 is 0 Å². The van der Waals surface area contributed by atoms with E-state index in [1.807, 2.05) is 42.5 Å². The van der Waals surface area contributed by atoms with E-state index >= 15 is 0 Å². The first-order chi connectivity index (χ1) is 18.0. The zero-order chi connectivity index (χ0) is 26.4. The number of benzene rings is 3. The molecule has 0 aliphatic carbocycles. The molecule has 4 rings (SSSR count). The minimum Gasteiger partial charge on any atom is -0.486 e. The molecule has 4 aromatic rings. The summed E-state index contributed by atoms with van der Waals surface area (Å²) in [6.45, 7) is 4.45. The van der Waals surface area contributed by atoms with Gasteiger partial charge in [0.05, 0.1) is 12.7 Å². The van der Waals surface area contributed by atoms with Gasteiger partial charge in [0.25, 0.3) is 0 Å². The number of carbonyl (C=O) groups is 2. The maximum atomic E-state index is 11.2. The van der Waals surface area contributed by atoms with Gasteiger partial charge in [-0.15, -0.1) is 0 Å². The summed E-state index contributed by atoms with van der Waals surface area (Å²) in [6, 6.07) is 21.5. The molecule has 188 valence electrons. The van der Waals surface area contributed by atoms with E-state index in [0.717, 1.165) is 45.2 Å². The van der Waals surface area contributed by atoms with Crippen LogP contribution in [0.25, 0.3) is 22.3 Å². The average Bonchev–Trinajstić information content (AvgIpc) is 2.92. The average molecular weight is 516 g/mol. The molecule has 0 amide bonds. The van der Waals surface area contributed by atoms with Gasteiger partial charge in [0.2, 0.25) is 11.8 Å². The number of hydrogen-bond donors (Lipinski definition) is 0. The summed E-state index contributed by atoms with van der Waals surface area (Å²) in [6.07, 6.45) is 1.37. The second kappa shape index (κ2) is 11.7. The Morgan fingerprint density at radius 3 is 2.19 bits per heavy atom. The molecule has 0 radical (unpaired) electrons. The molecule has 0 saturated carbocycles. The number of pyridine rings is 1. The smallest absolute Gasteiger partial charge is 0.236 e. The maximum Gasteiger partial charge on any atom is 0.236 e. The third kappa shape index (κ3) is 5.65. The molecule has 0 fully saturated rings. The summed E-state index contributed by atoms with van der Waals surface area (Å²) in [5.74, 6) is 1.02. The third-order valence-electron chi connectivity index (χ3n) is 6.17. The molecular formula is C30H26ClNO5. The van der Waals surface area contributed by atoms with Gasteiger partial charge in [-0.05, 0) is 71.0 Å². The van der Waals surface area contributed by atoms with Crippen LogP contribution in [0.4, 0.5) is 0 Å². The van der Waals surface area contributed by atoms with E-state index in [0.29, 0.717) is 12.0 Å². The zero-order valence-electron chi connectivity index (χ0n) is 20.8. The van der Waals surface area contributed by atoms with Gasteiger partial charge in [0.15, 0.2) is 12.6 Å². The highest BCUT2D eigenvalue weighted by atomic mass is 35.5. The van der Waals surface area contributed by atoms with Gasteiger partial charge in [-0.2, -0.15) is 4.98 Å².